The maximum absolute atomic E-state index is 10.3. The summed E-state index contributed by atoms with van der Waals surface area (Å²) < 4.78 is 5.21. The highest BCUT2D eigenvalue weighted by molar-refractivity contribution is 8.00. The Hall–Kier alpha value is -4.47. The normalized spacial score (nSPS) is 11.7. The van der Waals surface area contributed by atoms with Crippen LogP contribution >= 0.6 is 11.9 Å². The molecule has 0 saturated heterocycles. The molecule has 0 aliphatic carbocycles. The third kappa shape index (κ3) is 5.86. The lowest BCUT2D eigenvalue weighted by molar-refractivity contribution is 0.0591. The lowest BCUT2D eigenvalue weighted by atomic mass is 9.98. The van der Waals surface area contributed by atoms with Gasteiger partial charge in [-0.3, -0.25) is 14.6 Å². The number of rotatable bonds is 8. The zero-order valence-corrected chi connectivity index (χ0v) is 24.2. The molecule has 0 radical (unpaired) electrons. The van der Waals surface area contributed by atoms with Gasteiger partial charge in [0.1, 0.15) is 5.82 Å². The molecule has 3 N–H and O–H groups in total. The number of hydrogen-bond acceptors (Lipinski definition) is 8. The van der Waals surface area contributed by atoms with Crippen molar-refractivity contribution in [3.63, 3.8) is 0 Å². The van der Waals surface area contributed by atoms with Crippen LogP contribution in [0.4, 0.5) is 17.2 Å². The van der Waals surface area contributed by atoms with E-state index in [0.29, 0.717) is 6.54 Å². The summed E-state index contributed by atoms with van der Waals surface area (Å²) in [6.45, 7) is 8.07. The first-order valence-electron chi connectivity index (χ1n) is 13.4. The smallest absolute Gasteiger partial charge is 0.130 e. The van der Waals surface area contributed by atoms with E-state index in [4.69, 9.17) is 4.98 Å². The number of nitrogens with one attached hydrogen (secondary N) is 2. The van der Waals surface area contributed by atoms with Crippen LogP contribution < -0.4 is 10.0 Å². The molecule has 0 aliphatic heterocycles. The van der Waals surface area contributed by atoms with Crippen LogP contribution in [-0.4, -0.2) is 35.4 Å². The molecule has 0 aliphatic rings. The number of pyridine rings is 3. The number of nitrogens with zero attached hydrogens (tertiary/aromatic N) is 5. The van der Waals surface area contributed by atoms with Gasteiger partial charge in [-0.2, -0.15) is 5.10 Å². The summed E-state index contributed by atoms with van der Waals surface area (Å²) >= 11 is 1.53. The van der Waals surface area contributed by atoms with E-state index in [1.807, 2.05) is 78.9 Å². The summed E-state index contributed by atoms with van der Waals surface area (Å²) in [5.41, 5.74) is 6.10. The Bertz CT molecular complexity index is 1840. The quantitative estimate of drug-likeness (QED) is 0.167. The number of benzene rings is 2. The standard InChI is InChI=1S/C32H31N7OS/c1-20-5-10-25(17-34-20)41-38-24-8-6-23(7-9-24)37-30-15-27-22(16-35-30)13-14-33-31(27)26-11-12-29-28(21(26)2)18-36-39(29)19-32(3,4)40/h5-18,38,40H,19H2,1-4H3,(H,35,37). The van der Waals surface area contributed by atoms with Gasteiger partial charge in [-0.05, 0) is 99.8 Å². The van der Waals surface area contributed by atoms with Crippen LogP contribution in [0.15, 0.2) is 90.3 Å². The van der Waals surface area contributed by atoms with Crippen molar-refractivity contribution in [3.05, 3.63) is 96.7 Å². The summed E-state index contributed by atoms with van der Waals surface area (Å²) in [7, 11) is 0. The van der Waals surface area contributed by atoms with Crippen molar-refractivity contribution in [2.45, 2.75) is 44.7 Å². The fourth-order valence-corrected chi connectivity index (χ4v) is 5.40. The molecule has 6 rings (SSSR count). The molecule has 0 saturated carbocycles. The van der Waals surface area contributed by atoms with E-state index < -0.39 is 5.60 Å². The van der Waals surface area contributed by atoms with Crippen molar-refractivity contribution in [3.8, 4) is 11.3 Å². The molecule has 2 aromatic carbocycles. The Morgan fingerprint density at radius 2 is 1.66 bits per heavy atom. The Kier molecular flexibility index (Phi) is 7.07. The summed E-state index contributed by atoms with van der Waals surface area (Å²) in [5.74, 6) is 0.740. The number of aromatic nitrogens is 5. The van der Waals surface area contributed by atoms with Gasteiger partial charge >= 0.3 is 0 Å². The van der Waals surface area contributed by atoms with Gasteiger partial charge in [0.05, 0.1) is 29.6 Å². The highest BCUT2D eigenvalue weighted by atomic mass is 32.2. The number of anilines is 3. The lowest BCUT2D eigenvalue weighted by Gasteiger charge is -2.18. The minimum Gasteiger partial charge on any atom is -0.389 e. The van der Waals surface area contributed by atoms with Crippen molar-refractivity contribution in [1.82, 2.24) is 24.7 Å². The molecule has 0 amide bonds. The first-order valence-corrected chi connectivity index (χ1v) is 14.2. The van der Waals surface area contributed by atoms with Crippen molar-refractivity contribution >= 4 is 50.8 Å². The summed E-state index contributed by atoms with van der Waals surface area (Å²) in [4.78, 5) is 14.8. The van der Waals surface area contributed by atoms with E-state index in [2.05, 4.69) is 50.2 Å². The molecule has 9 heteroatoms. The fraction of sp³-hybridized carbons (Fsp3) is 0.188. The van der Waals surface area contributed by atoms with Crippen LogP contribution in [0.2, 0.25) is 0 Å². The van der Waals surface area contributed by atoms with Crippen molar-refractivity contribution in [2.75, 3.05) is 10.0 Å². The Morgan fingerprint density at radius 1 is 0.854 bits per heavy atom. The monoisotopic (exact) mass is 561 g/mol. The SMILES string of the molecule is Cc1ccc(SNc2ccc(Nc3cc4c(-c5ccc6c(cnn6CC(C)(C)O)c5C)nccc4cn3)cc2)cn1. The molecule has 4 heterocycles. The van der Waals surface area contributed by atoms with Crippen LogP contribution in [0.3, 0.4) is 0 Å². The van der Waals surface area contributed by atoms with Crippen molar-refractivity contribution < 1.29 is 5.11 Å². The maximum atomic E-state index is 10.3. The topological polar surface area (TPSA) is 101 Å². The summed E-state index contributed by atoms with van der Waals surface area (Å²) in [6, 6.07) is 20.3. The highest BCUT2D eigenvalue weighted by Crippen LogP contribution is 2.34. The number of fused-ring (bicyclic) bond motifs is 2. The zero-order chi connectivity index (χ0) is 28.6. The van der Waals surface area contributed by atoms with Gasteiger partial charge in [0, 0.05) is 62.3 Å². The predicted octanol–water partition coefficient (Wildman–Crippen LogP) is 7.29. The van der Waals surface area contributed by atoms with E-state index in [0.717, 1.165) is 66.3 Å². The van der Waals surface area contributed by atoms with Crippen LogP contribution in [-0.2, 0) is 6.54 Å². The van der Waals surface area contributed by atoms with Crippen LogP contribution in [0.25, 0.3) is 32.9 Å². The molecule has 6 aromatic rings. The minimum absolute atomic E-state index is 0.419. The summed E-state index contributed by atoms with van der Waals surface area (Å²) in [5, 5.41) is 21.3. The average molecular weight is 562 g/mol. The molecular formula is C32H31N7OS. The van der Waals surface area contributed by atoms with E-state index in [1.54, 1.807) is 13.8 Å². The number of aryl methyl sites for hydroxylation is 2. The third-order valence-corrected chi connectivity index (χ3v) is 7.68. The van der Waals surface area contributed by atoms with Crippen molar-refractivity contribution in [2.24, 2.45) is 0 Å². The van der Waals surface area contributed by atoms with Gasteiger partial charge in [0.2, 0.25) is 0 Å². The second kappa shape index (κ2) is 10.8. The third-order valence-electron chi connectivity index (χ3n) is 6.86. The van der Waals surface area contributed by atoms with Gasteiger partial charge < -0.3 is 15.1 Å². The molecule has 0 spiro atoms. The fourth-order valence-electron chi connectivity index (χ4n) is 4.79. The summed E-state index contributed by atoms with van der Waals surface area (Å²) in [6.07, 6.45) is 7.43. The molecule has 8 nitrogen and oxygen atoms in total. The van der Waals surface area contributed by atoms with Gasteiger partial charge in [-0.25, -0.2) is 4.98 Å². The maximum Gasteiger partial charge on any atom is 0.130 e. The molecule has 0 fully saturated rings. The van der Waals surface area contributed by atoms with E-state index in [-0.39, 0.29) is 0 Å². The minimum atomic E-state index is -0.853. The van der Waals surface area contributed by atoms with Gasteiger partial charge in [-0.1, -0.05) is 6.07 Å². The molecule has 0 atom stereocenters. The Morgan fingerprint density at radius 3 is 2.41 bits per heavy atom. The van der Waals surface area contributed by atoms with E-state index in [9.17, 15) is 5.11 Å². The first-order chi connectivity index (χ1) is 19.7. The van der Waals surface area contributed by atoms with Crippen LogP contribution in [0.1, 0.15) is 25.1 Å². The van der Waals surface area contributed by atoms with Crippen molar-refractivity contribution in [1.29, 1.82) is 0 Å². The number of aliphatic hydroxyl groups is 1. The second-order valence-corrected chi connectivity index (χ2v) is 11.7. The Labute approximate surface area is 243 Å². The molecule has 41 heavy (non-hydrogen) atoms. The van der Waals surface area contributed by atoms with Gasteiger partial charge in [0.15, 0.2) is 0 Å². The molecule has 0 bridgehead atoms. The van der Waals surface area contributed by atoms with Crippen LogP contribution in [0, 0.1) is 13.8 Å². The van der Waals surface area contributed by atoms with E-state index >= 15 is 0 Å². The molecule has 4 aromatic heterocycles. The zero-order valence-electron chi connectivity index (χ0n) is 23.4. The molecule has 0 unspecified atom stereocenters. The lowest BCUT2D eigenvalue weighted by Crippen LogP contribution is -2.26. The second-order valence-electron chi connectivity index (χ2n) is 10.8. The first kappa shape index (κ1) is 26.7. The average Bonchev–Trinajstić information content (AvgIpc) is 3.35. The molecular weight excluding hydrogens is 530 g/mol. The van der Waals surface area contributed by atoms with E-state index in [1.165, 1.54) is 11.9 Å². The Balaban J connectivity index is 1.25. The largest absolute Gasteiger partial charge is 0.389 e. The predicted molar refractivity (Wildman–Crippen MR) is 167 cm³/mol. The highest BCUT2D eigenvalue weighted by Gasteiger charge is 2.18. The van der Waals surface area contributed by atoms with Gasteiger partial charge in [-0.15, -0.1) is 0 Å². The van der Waals surface area contributed by atoms with Gasteiger partial charge in [0.25, 0.3) is 0 Å². The van der Waals surface area contributed by atoms with Crippen LogP contribution in [0.5, 0.6) is 0 Å². The number of hydrogen-bond donors (Lipinski definition) is 3. The molecule has 206 valence electrons.